The molecule has 24 heavy (non-hydrogen) atoms. The Morgan fingerprint density at radius 2 is 2.25 bits per heavy atom. The van der Waals surface area contributed by atoms with E-state index in [9.17, 15) is 14.7 Å². The van der Waals surface area contributed by atoms with E-state index in [1.807, 2.05) is 6.07 Å². The summed E-state index contributed by atoms with van der Waals surface area (Å²) in [7, 11) is 0. The van der Waals surface area contributed by atoms with Gasteiger partial charge in [-0.15, -0.1) is 6.42 Å². The predicted octanol–water partition coefficient (Wildman–Crippen LogP) is 2.78. The van der Waals surface area contributed by atoms with Crippen LogP contribution in [0, 0.1) is 23.7 Å². The van der Waals surface area contributed by atoms with Crippen molar-refractivity contribution in [3.8, 4) is 18.4 Å². The van der Waals surface area contributed by atoms with Crippen LogP contribution in [-0.2, 0) is 0 Å². The van der Waals surface area contributed by atoms with Crippen molar-refractivity contribution in [1.82, 2.24) is 4.98 Å². The van der Waals surface area contributed by atoms with Crippen molar-refractivity contribution in [2.45, 2.75) is 6.42 Å². The summed E-state index contributed by atoms with van der Waals surface area (Å²) in [6.45, 7) is 0. The van der Waals surface area contributed by atoms with Gasteiger partial charge in [0.25, 0.3) is 0 Å². The van der Waals surface area contributed by atoms with E-state index in [0.29, 0.717) is 11.1 Å². The van der Waals surface area contributed by atoms with Crippen molar-refractivity contribution >= 4 is 16.9 Å². The molecule has 0 fully saturated rings. The summed E-state index contributed by atoms with van der Waals surface area (Å²) >= 11 is 0. The number of nitrogens with zero attached hydrogens (tertiary/aromatic N) is 1. The number of carbonyl (C=O) groups is 1. The lowest BCUT2D eigenvalue weighted by Crippen LogP contribution is -2.02. The summed E-state index contributed by atoms with van der Waals surface area (Å²) in [5.41, 5.74) is 0.918. The minimum absolute atomic E-state index is 0.0507. The van der Waals surface area contributed by atoms with Crippen LogP contribution in [-0.4, -0.2) is 15.9 Å². The van der Waals surface area contributed by atoms with E-state index in [0.717, 1.165) is 0 Å². The zero-order valence-electron chi connectivity index (χ0n) is 12.4. The normalized spacial score (nSPS) is 12.2. The number of allylic oxidation sites excluding steroid dienone is 5. The van der Waals surface area contributed by atoms with E-state index in [1.54, 1.807) is 6.08 Å². The lowest BCUT2D eigenvalue weighted by Gasteiger charge is -1.99. The number of hydrogen-bond acceptors (Lipinski definition) is 5. The van der Waals surface area contributed by atoms with Crippen LogP contribution >= 0.6 is 0 Å². The van der Waals surface area contributed by atoms with Crippen LogP contribution in [0.1, 0.15) is 16.8 Å². The number of aliphatic hydroxyl groups is 1. The Hall–Kier alpha value is -3.77. The van der Waals surface area contributed by atoms with Crippen molar-refractivity contribution in [3.05, 3.63) is 69.9 Å². The lowest BCUT2D eigenvalue weighted by molar-refractivity contribution is 0.103. The molecule has 0 aliphatic heterocycles. The summed E-state index contributed by atoms with van der Waals surface area (Å²) in [5.74, 6) is 0.985. The molecule has 0 atom stereocenters. The van der Waals surface area contributed by atoms with Crippen LogP contribution in [0.15, 0.2) is 63.0 Å². The predicted molar refractivity (Wildman–Crippen MR) is 88.2 cm³/mol. The molecule has 1 aromatic carbocycles. The number of H-pyrrole nitrogens is 1. The number of carbonyl (C=O) groups excluding carboxylic acids is 1. The number of aromatic nitrogens is 1. The molecule has 2 aromatic rings. The molecule has 0 aliphatic rings. The lowest BCUT2D eigenvalue weighted by atomic mass is 10.0. The third-order valence-electron chi connectivity index (χ3n) is 3.02. The van der Waals surface area contributed by atoms with Gasteiger partial charge in [-0.25, -0.2) is 4.79 Å². The average Bonchev–Trinajstić information content (AvgIpc) is 2.93. The maximum atomic E-state index is 12.3. The van der Waals surface area contributed by atoms with Gasteiger partial charge in [0.15, 0.2) is 5.58 Å². The molecule has 0 aliphatic carbocycles. The Balaban J connectivity index is 2.19. The first-order valence-electron chi connectivity index (χ1n) is 6.84. The Morgan fingerprint density at radius 1 is 1.46 bits per heavy atom. The van der Waals surface area contributed by atoms with E-state index < -0.39 is 11.5 Å². The smallest absolute Gasteiger partial charge is 0.417 e. The highest BCUT2D eigenvalue weighted by Gasteiger charge is 2.13. The van der Waals surface area contributed by atoms with Crippen molar-refractivity contribution in [2.24, 2.45) is 0 Å². The molecule has 2 N–H and O–H groups in total. The van der Waals surface area contributed by atoms with Crippen LogP contribution in [0.25, 0.3) is 11.1 Å². The molecule has 0 saturated heterocycles. The molecule has 0 amide bonds. The number of aliphatic hydroxyl groups excluding tert-OH is 1. The van der Waals surface area contributed by atoms with Gasteiger partial charge in [0.1, 0.15) is 11.8 Å². The highest BCUT2D eigenvalue weighted by atomic mass is 16.4. The number of nitriles is 1. The quantitative estimate of drug-likeness (QED) is 0.220. The molecule has 0 spiro atoms. The van der Waals surface area contributed by atoms with E-state index in [1.165, 1.54) is 36.4 Å². The Morgan fingerprint density at radius 3 is 2.96 bits per heavy atom. The van der Waals surface area contributed by atoms with E-state index in [2.05, 4.69) is 10.9 Å². The summed E-state index contributed by atoms with van der Waals surface area (Å²) in [5, 5.41) is 18.4. The molecule has 118 valence electrons. The summed E-state index contributed by atoms with van der Waals surface area (Å²) in [4.78, 5) is 25.9. The second-order valence-electron chi connectivity index (χ2n) is 4.66. The van der Waals surface area contributed by atoms with Gasteiger partial charge < -0.3 is 9.52 Å². The fourth-order valence-electron chi connectivity index (χ4n) is 1.95. The molecule has 0 bridgehead atoms. The zero-order chi connectivity index (χ0) is 17.5. The molecular weight excluding hydrogens is 308 g/mol. The van der Waals surface area contributed by atoms with Crippen molar-refractivity contribution in [2.75, 3.05) is 0 Å². The molecule has 6 heteroatoms. The summed E-state index contributed by atoms with van der Waals surface area (Å²) < 4.78 is 4.86. The minimum Gasteiger partial charge on any atom is -0.507 e. The Kier molecular flexibility index (Phi) is 5.17. The number of ketones is 1. The number of rotatable bonds is 5. The highest BCUT2D eigenvalue weighted by molar-refractivity contribution is 6.12. The topological polar surface area (TPSA) is 107 Å². The fraction of sp³-hybridized carbons (Fsp3) is 0.0556. The first-order valence-corrected chi connectivity index (χ1v) is 6.84. The SMILES string of the molecule is C#C/C=C(O)\C=C/C/C=C(\C#N)C(=O)c1ccc2oc(=O)[nH]c2c1. The van der Waals surface area contributed by atoms with Gasteiger partial charge in [-0.3, -0.25) is 9.78 Å². The largest absolute Gasteiger partial charge is 0.507 e. The standard InChI is InChI=1S/C18H12N2O4/c1-2-5-14(21)7-4-3-6-13(11-19)17(22)12-8-9-16-15(10-12)20-18(23)24-16/h1,4-10,21H,3H2,(H,20,23)/b7-4-,13-6+,14-5+. The Labute approximate surface area is 137 Å². The number of hydrogen-bond donors (Lipinski definition) is 2. The average molecular weight is 320 g/mol. The third-order valence-corrected chi connectivity index (χ3v) is 3.02. The van der Waals surface area contributed by atoms with Crippen LogP contribution in [0.5, 0.6) is 0 Å². The molecule has 0 saturated carbocycles. The van der Waals surface area contributed by atoms with Gasteiger partial charge in [-0.05, 0) is 30.7 Å². The van der Waals surface area contributed by atoms with Crippen LogP contribution in [0.3, 0.4) is 0 Å². The first-order chi connectivity index (χ1) is 11.5. The van der Waals surface area contributed by atoms with E-state index >= 15 is 0 Å². The monoisotopic (exact) mass is 320 g/mol. The number of nitrogens with one attached hydrogen (secondary N) is 1. The fourth-order valence-corrected chi connectivity index (χ4v) is 1.95. The van der Waals surface area contributed by atoms with E-state index in [-0.39, 0.29) is 23.3 Å². The molecular formula is C18H12N2O4. The summed E-state index contributed by atoms with van der Waals surface area (Å²) in [6, 6.07) is 6.25. The molecule has 0 unspecified atom stereocenters. The maximum absolute atomic E-state index is 12.3. The van der Waals surface area contributed by atoms with Gasteiger partial charge in [0.2, 0.25) is 5.78 Å². The number of terminal acetylenes is 1. The number of oxazole rings is 1. The second-order valence-corrected chi connectivity index (χ2v) is 4.66. The number of Topliss-reactive ketones (excluding diaryl/α,β-unsaturated/α-hetero) is 1. The number of benzene rings is 1. The second kappa shape index (κ2) is 7.48. The van der Waals surface area contributed by atoms with E-state index in [4.69, 9.17) is 16.1 Å². The van der Waals surface area contributed by atoms with Gasteiger partial charge >= 0.3 is 5.76 Å². The zero-order valence-corrected chi connectivity index (χ0v) is 12.4. The molecule has 6 nitrogen and oxygen atoms in total. The molecule has 1 heterocycles. The van der Waals surface area contributed by atoms with Crippen molar-refractivity contribution in [1.29, 1.82) is 5.26 Å². The highest BCUT2D eigenvalue weighted by Crippen LogP contribution is 2.15. The van der Waals surface area contributed by atoms with Gasteiger partial charge in [0.05, 0.1) is 11.1 Å². The van der Waals surface area contributed by atoms with Crippen molar-refractivity contribution < 1.29 is 14.3 Å². The van der Waals surface area contributed by atoms with Gasteiger partial charge in [-0.1, -0.05) is 18.1 Å². The number of fused-ring (bicyclic) bond motifs is 1. The first kappa shape index (κ1) is 16.6. The van der Waals surface area contributed by atoms with Gasteiger partial charge in [-0.2, -0.15) is 5.26 Å². The van der Waals surface area contributed by atoms with Crippen molar-refractivity contribution in [3.63, 3.8) is 0 Å². The van der Waals surface area contributed by atoms with Crippen LogP contribution in [0.2, 0.25) is 0 Å². The Bertz CT molecular complexity index is 1000. The molecule has 0 radical (unpaired) electrons. The maximum Gasteiger partial charge on any atom is 0.417 e. The minimum atomic E-state index is -0.615. The van der Waals surface area contributed by atoms with Gasteiger partial charge in [0, 0.05) is 11.6 Å². The molecule has 1 aromatic heterocycles. The van der Waals surface area contributed by atoms with Crippen LogP contribution < -0.4 is 5.76 Å². The van der Waals surface area contributed by atoms with Crippen LogP contribution in [0.4, 0.5) is 0 Å². The molecule has 2 rings (SSSR count). The third kappa shape index (κ3) is 3.90. The summed E-state index contributed by atoms with van der Waals surface area (Å²) in [6.07, 6.45) is 10.8. The number of aromatic amines is 1.